The molecule has 372 valence electrons. The Hall–Kier alpha value is -4.66. The third-order valence-corrected chi connectivity index (χ3v) is 9.64. The van der Waals surface area contributed by atoms with Crippen molar-refractivity contribution in [2.75, 3.05) is 26.2 Å². The molecule has 2 aliphatic rings. The minimum absolute atomic E-state index is 0.189. The average Bonchev–Trinajstić information content (AvgIpc) is 3.81. The maximum atomic E-state index is 13.8. The van der Waals surface area contributed by atoms with E-state index in [1.807, 2.05) is 46.8 Å². The first-order valence-electron chi connectivity index (χ1n) is 23.2. The predicted octanol–water partition coefficient (Wildman–Crippen LogP) is 9.26. The maximum Gasteiger partial charge on any atom is 0.411 e. The zero-order chi connectivity index (χ0) is 50.5. The first-order chi connectivity index (χ1) is 29.9. The molecule has 2 heterocycles. The van der Waals surface area contributed by atoms with Gasteiger partial charge >= 0.3 is 30.1 Å². The molecule has 0 bridgehead atoms. The summed E-state index contributed by atoms with van der Waals surface area (Å²) in [6.07, 6.45) is 15.0. The SMILES string of the molecule is C=C[C@H]1CCN(C(=O)OC(C)(C)C)[C@@H]1C(=O)N(CC(=O)OC(C)(C)C)[C@@H](/C=C/CC)CC.C=C[C@H]1CCN(C(=O)OC(C)(C)C)[C@@H]1C(=O)O.CC/C=C/[C@@H](CC)NCC(=O)OC(C)(C)C. The third kappa shape index (κ3) is 23.9. The normalized spacial score (nSPS) is 19.8. The Kier molecular flexibility index (Phi) is 25.7. The number of ether oxygens (including phenoxy) is 4. The lowest BCUT2D eigenvalue weighted by Crippen LogP contribution is -2.54. The molecule has 3 amide bonds. The Morgan fingerprint density at radius 1 is 0.646 bits per heavy atom. The van der Waals surface area contributed by atoms with Gasteiger partial charge in [0.2, 0.25) is 5.91 Å². The zero-order valence-corrected chi connectivity index (χ0v) is 42.8. The van der Waals surface area contributed by atoms with Crippen LogP contribution < -0.4 is 5.32 Å². The van der Waals surface area contributed by atoms with Crippen LogP contribution in [0.2, 0.25) is 0 Å². The van der Waals surface area contributed by atoms with Gasteiger partial charge in [0.25, 0.3) is 0 Å². The van der Waals surface area contributed by atoms with Crippen molar-refractivity contribution in [3.63, 3.8) is 0 Å². The van der Waals surface area contributed by atoms with Gasteiger partial charge in [0.05, 0.1) is 12.6 Å². The fraction of sp³-hybridized carbons (Fsp3) is 0.720. The molecule has 0 saturated carbocycles. The number of aliphatic carboxylic acids is 1. The van der Waals surface area contributed by atoms with E-state index in [2.05, 4.69) is 44.5 Å². The highest BCUT2D eigenvalue weighted by Crippen LogP contribution is 2.30. The molecule has 65 heavy (non-hydrogen) atoms. The van der Waals surface area contributed by atoms with Gasteiger partial charge in [-0.25, -0.2) is 14.4 Å². The quantitative estimate of drug-likeness (QED) is 0.0852. The zero-order valence-electron chi connectivity index (χ0n) is 42.8. The van der Waals surface area contributed by atoms with Gasteiger partial charge in [-0.15, -0.1) is 13.2 Å². The maximum absolute atomic E-state index is 13.8. The number of amides is 3. The van der Waals surface area contributed by atoms with Crippen LogP contribution in [0, 0.1) is 11.8 Å². The second kappa shape index (κ2) is 27.7. The minimum Gasteiger partial charge on any atom is -0.480 e. The van der Waals surface area contributed by atoms with E-state index in [9.17, 15) is 28.8 Å². The highest BCUT2D eigenvalue weighted by molar-refractivity contribution is 5.90. The summed E-state index contributed by atoms with van der Waals surface area (Å²) >= 11 is 0. The molecule has 6 atom stereocenters. The van der Waals surface area contributed by atoms with Crippen molar-refractivity contribution in [1.29, 1.82) is 0 Å². The van der Waals surface area contributed by atoms with Gasteiger partial charge in [-0.3, -0.25) is 24.2 Å². The molecule has 2 aliphatic heterocycles. The lowest BCUT2D eigenvalue weighted by atomic mass is 9.98. The van der Waals surface area contributed by atoms with Gasteiger partial charge < -0.3 is 34.3 Å². The number of likely N-dealkylation sites (tertiary alicyclic amines) is 2. The molecule has 15 heteroatoms. The van der Waals surface area contributed by atoms with Crippen molar-refractivity contribution < 1.29 is 52.8 Å². The predicted molar refractivity (Wildman–Crippen MR) is 256 cm³/mol. The van der Waals surface area contributed by atoms with Crippen LogP contribution in [0.25, 0.3) is 0 Å². The topological polar surface area (TPSA) is 181 Å². The number of carbonyl (C=O) groups is 6. The van der Waals surface area contributed by atoms with Crippen molar-refractivity contribution in [1.82, 2.24) is 20.0 Å². The van der Waals surface area contributed by atoms with Crippen LogP contribution in [0.4, 0.5) is 9.59 Å². The van der Waals surface area contributed by atoms with Crippen molar-refractivity contribution in [3.8, 4) is 0 Å². The Morgan fingerprint density at radius 3 is 1.45 bits per heavy atom. The summed E-state index contributed by atoms with van der Waals surface area (Å²) in [6.45, 7) is 38.1. The number of carbonyl (C=O) groups excluding carboxylic acids is 5. The number of esters is 2. The van der Waals surface area contributed by atoms with Gasteiger partial charge in [-0.2, -0.15) is 0 Å². The van der Waals surface area contributed by atoms with E-state index in [0.29, 0.717) is 32.4 Å². The number of allylic oxidation sites excluding steroid dienone is 2. The number of carboxylic acid groups (broad SMARTS) is 1. The van der Waals surface area contributed by atoms with Gasteiger partial charge in [-0.05, 0) is 122 Å². The first kappa shape index (κ1) is 60.3. The molecular formula is C50H86N4O11. The monoisotopic (exact) mass is 919 g/mol. The van der Waals surface area contributed by atoms with E-state index >= 15 is 0 Å². The van der Waals surface area contributed by atoms with E-state index in [1.54, 1.807) is 74.5 Å². The molecule has 0 aromatic rings. The van der Waals surface area contributed by atoms with Crippen LogP contribution in [0.5, 0.6) is 0 Å². The van der Waals surface area contributed by atoms with Crippen LogP contribution >= 0.6 is 0 Å². The van der Waals surface area contributed by atoms with Crippen LogP contribution in [0.15, 0.2) is 49.6 Å². The molecule has 15 nitrogen and oxygen atoms in total. The Bertz CT molecular complexity index is 1610. The molecule has 0 aromatic carbocycles. The second-order valence-electron chi connectivity index (χ2n) is 20.1. The Morgan fingerprint density at radius 2 is 1.06 bits per heavy atom. The van der Waals surface area contributed by atoms with Crippen LogP contribution in [-0.4, -0.2) is 129 Å². The molecule has 0 aromatic heterocycles. The molecule has 2 saturated heterocycles. The second-order valence-corrected chi connectivity index (χ2v) is 20.1. The number of rotatable bonds is 16. The minimum atomic E-state index is -1.02. The third-order valence-electron chi connectivity index (χ3n) is 9.64. The molecule has 0 spiro atoms. The number of carboxylic acids is 1. The van der Waals surface area contributed by atoms with E-state index in [4.69, 9.17) is 24.1 Å². The Labute approximate surface area is 391 Å². The molecule has 2 rings (SSSR count). The fourth-order valence-electron chi connectivity index (χ4n) is 6.85. The average molecular weight is 919 g/mol. The summed E-state index contributed by atoms with van der Waals surface area (Å²) in [7, 11) is 0. The van der Waals surface area contributed by atoms with E-state index in [1.165, 1.54) is 14.7 Å². The van der Waals surface area contributed by atoms with Crippen LogP contribution in [0.3, 0.4) is 0 Å². The summed E-state index contributed by atoms with van der Waals surface area (Å²) in [5.41, 5.74) is -2.36. The van der Waals surface area contributed by atoms with Gasteiger partial charge in [0.15, 0.2) is 0 Å². The van der Waals surface area contributed by atoms with Crippen molar-refractivity contribution in [2.45, 2.75) is 196 Å². The van der Waals surface area contributed by atoms with Crippen LogP contribution in [0.1, 0.15) is 149 Å². The summed E-state index contributed by atoms with van der Waals surface area (Å²) in [5.74, 6) is -2.42. The van der Waals surface area contributed by atoms with Crippen molar-refractivity contribution in [2.24, 2.45) is 11.8 Å². The number of hydrogen-bond donors (Lipinski definition) is 2. The Balaban J connectivity index is 0.00000104. The lowest BCUT2D eigenvalue weighted by Gasteiger charge is -2.36. The van der Waals surface area contributed by atoms with Gasteiger partial charge in [-0.1, -0.05) is 64.2 Å². The fourth-order valence-corrected chi connectivity index (χ4v) is 6.85. The highest BCUT2D eigenvalue weighted by atomic mass is 16.6. The summed E-state index contributed by atoms with van der Waals surface area (Å²) in [6, 6.07) is -1.66. The summed E-state index contributed by atoms with van der Waals surface area (Å²) < 4.78 is 21.4. The van der Waals surface area contributed by atoms with E-state index < -0.39 is 58.6 Å². The largest absolute Gasteiger partial charge is 0.480 e. The van der Waals surface area contributed by atoms with E-state index in [0.717, 1.165) is 19.3 Å². The summed E-state index contributed by atoms with van der Waals surface area (Å²) in [5, 5.41) is 12.3. The van der Waals surface area contributed by atoms with Crippen LogP contribution in [-0.2, 0) is 38.1 Å². The highest BCUT2D eigenvalue weighted by Gasteiger charge is 2.45. The molecule has 0 unspecified atom stereocenters. The van der Waals surface area contributed by atoms with Gasteiger partial charge in [0.1, 0.15) is 41.0 Å². The number of hydrogen-bond acceptors (Lipinski definition) is 11. The first-order valence-corrected chi connectivity index (χ1v) is 23.2. The molecule has 0 radical (unpaired) electrons. The molecule has 2 fully saturated rings. The van der Waals surface area contributed by atoms with Crippen molar-refractivity contribution in [3.05, 3.63) is 49.6 Å². The smallest absolute Gasteiger partial charge is 0.411 e. The lowest BCUT2D eigenvalue weighted by molar-refractivity contribution is -0.160. The summed E-state index contributed by atoms with van der Waals surface area (Å²) in [4.78, 5) is 78.1. The standard InChI is InChI=1S/C25H42N2O5.C13H25NO2.C12H19NO4/c1-10-13-14-19(12-3)27(17-20(28)31-24(4,5)6)22(29)21-18(11-2)15-16-26(21)23(30)32-25(7,8)9;1-6-8-9-11(7-2)14-10-12(15)16-13(3,4)5;1-5-8-6-7-13(9(8)10(14)15)11(16)17-12(2,3)4/h11,13-14,18-19,21H,2,10,12,15-17H2,1,3-9H3;8-9,11,14H,6-7,10H2,1-5H3;5,8-9H,1,6-7H2,2-4H3,(H,14,15)/b14-13+;9-8+;/t18-,19+,21-;11-;8-,9-/m010/s1. The van der Waals surface area contributed by atoms with Crippen molar-refractivity contribution >= 4 is 36.0 Å². The molecule has 2 N–H and O–H groups in total. The number of nitrogens with zero attached hydrogens (tertiary/aromatic N) is 3. The number of nitrogens with one attached hydrogen (secondary N) is 1. The molecular weight excluding hydrogens is 833 g/mol. The molecule has 0 aliphatic carbocycles. The van der Waals surface area contributed by atoms with E-state index in [-0.39, 0.29) is 48.9 Å². The van der Waals surface area contributed by atoms with Gasteiger partial charge in [0, 0.05) is 31.0 Å².